The average Bonchev–Trinajstić information content (AvgIpc) is 2.89. The molecule has 2 aliphatic rings. The average molecular weight is 495 g/mol. The highest BCUT2D eigenvalue weighted by Gasteiger charge is 2.52. The van der Waals surface area contributed by atoms with Crippen molar-refractivity contribution in [1.82, 2.24) is 0 Å². The lowest BCUT2D eigenvalue weighted by Crippen LogP contribution is -2.52. The second-order valence-corrected chi connectivity index (χ2v) is 10.9. The number of para-hydroxylation sites is 2. The molecule has 0 aliphatic carbocycles. The molecule has 0 bridgehead atoms. The van der Waals surface area contributed by atoms with Gasteiger partial charge < -0.3 is 9.80 Å². The van der Waals surface area contributed by atoms with Gasteiger partial charge in [-0.05, 0) is 40.8 Å². The third-order valence-electron chi connectivity index (χ3n) is 7.70. The summed E-state index contributed by atoms with van der Waals surface area (Å²) in [6.07, 6.45) is 0. The number of hydrogen-bond acceptors (Lipinski definition) is 4. The van der Waals surface area contributed by atoms with Gasteiger partial charge in [0.15, 0.2) is 11.6 Å². The second-order valence-electron chi connectivity index (χ2n) is 10.9. The number of rotatable bonds is 3. The summed E-state index contributed by atoms with van der Waals surface area (Å²) in [5.41, 5.74) is 3.46. The van der Waals surface area contributed by atoms with Gasteiger partial charge in [-0.1, -0.05) is 69.3 Å². The van der Waals surface area contributed by atoms with Crippen molar-refractivity contribution in [2.75, 3.05) is 23.9 Å². The zero-order valence-corrected chi connectivity index (χ0v) is 21.7. The molecule has 37 heavy (non-hydrogen) atoms. The summed E-state index contributed by atoms with van der Waals surface area (Å²) >= 11 is 0. The molecule has 188 valence electrons. The van der Waals surface area contributed by atoms with Crippen LogP contribution in [0.5, 0.6) is 0 Å². The van der Waals surface area contributed by atoms with E-state index in [-0.39, 0.29) is 17.0 Å². The van der Waals surface area contributed by atoms with Gasteiger partial charge in [0.1, 0.15) is 11.8 Å². The number of amides is 2. The summed E-state index contributed by atoms with van der Waals surface area (Å²) in [7, 11) is 3.26. The molecule has 0 saturated carbocycles. The van der Waals surface area contributed by atoms with Gasteiger partial charge in [-0.25, -0.2) is 0 Å². The third kappa shape index (κ3) is 3.88. The monoisotopic (exact) mass is 494 g/mol. The SMILES string of the molecule is CN1C(=O)[C@H](C(c2ccc(C(C)(C)C)cc2)[C@H]2C(=O)c3ccccc3N(C)C2=O)C(=O)c2ccccc21. The Morgan fingerprint density at radius 2 is 1.03 bits per heavy atom. The lowest BCUT2D eigenvalue weighted by atomic mass is 9.68. The number of carbonyl (C=O) groups is 4. The molecule has 6 heteroatoms. The predicted molar refractivity (Wildman–Crippen MR) is 143 cm³/mol. The smallest absolute Gasteiger partial charge is 0.238 e. The van der Waals surface area contributed by atoms with E-state index in [0.717, 1.165) is 5.56 Å². The van der Waals surface area contributed by atoms with Crippen LogP contribution in [0, 0.1) is 11.8 Å². The number of carbonyl (C=O) groups excluding carboxylic acids is 4. The van der Waals surface area contributed by atoms with Gasteiger partial charge in [0.2, 0.25) is 11.8 Å². The fourth-order valence-electron chi connectivity index (χ4n) is 5.58. The van der Waals surface area contributed by atoms with Crippen LogP contribution in [0.4, 0.5) is 11.4 Å². The van der Waals surface area contributed by atoms with Crippen LogP contribution in [0.1, 0.15) is 58.5 Å². The second kappa shape index (κ2) is 8.80. The van der Waals surface area contributed by atoms with Crippen molar-refractivity contribution in [3.8, 4) is 0 Å². The summed E-state index contributed by atoms with van der Waals surface area (Å²) in [5.74, 6) is -4.96. The summed E-state index contributed by atoms with van der Waals surface area (Å²) in [5, 5.41) is 0. The van der Waals surface area contributed by atoms with Crippen LogP contribution >= 0.6 is 0 Å². The number of Topliss-reactive ketones (excluding diaryl/α,β-unsaturated/α-hetero) is 2. The maximum atomic E-state index is 13.9. The summed E-state index contributed by atoms with van der Waals surface area (Å²) in [6, 6.07) is 21.5. The lowest BCUT2D eigenvalue weighted by molar-refractivity contribution is -0.124. The third-order valence-corrected chi connectivity index (χ3v) is 7.70. The molecule has 3 aromatic rings. The highest BCUT2D eigenvalue weighted by molar-refractivity contribution is 6.25. The quantitative estimate of drug-likeness (QED) is 0.479. The maximum absolute atomic E-state index is 13.9. The van der Waals surface area contributed by atoms with Crippen LogP contribution in [0.3, 0.4) is 0 Å². The fourth-order valence-corrected chi connectivity index (χ4v) is 5.58. The Kier molecular flexibility index (Phi) is 5.86. The van der Waals surface area contributed by atoms with Crippen molar-refractivity contribution in [3.63, 3.8) is 0 Å². The van der Waals surface area contributed by atoms with Crippen molar-refractivity contribution >= 4 is 34.8 Å². The maximum Gasteiger partial charge on any atom is 0.238 e. The molecule has 0 fully saturated rings. The Balaban J connectivity index is 1.71. The van der Waals surface area contributed by atoms with E-state index < -0.39 is 29.6 Å². The number of nitrogens with zero attached hydrogens (tertiary/aromatic N) is 2. The molecule has 3 aromatic carbocycles. The van der Waals surface area contributed by atoms with Crippen molar-refractivity contribution < 1.29 is 19.2 Å². The highest BCUT2D eigenvalue weighted by atomic mass is 16.2. The molecule has 0 N–H and O–H groups in total. The van der Waals surface area contributed by atoms with Crippen LogP contribution in [-0.4, -0.2) is 37.5 Å². The number of benzene rings is 3. The standard InChI is InChI=1S/C31H30N2O4/c1-31(2,3)19-16-14-18(15-17-19)24(25-27(34)20-10-6-8-12-22(20)32(4)29(25)36)26-28(35)21-11-7-9-13-23(21)33(5)30(26)37/h6-17,24-26H,1-5H3/t24?,25-,26+. The zero-order valence-electron chi connectivity index (χ0n) is 21.7. The van der Waals surface area contributed by atoms with Crippen LogP contribution in [-0.2, 0) is 15.0 Å². The Hall–Kier alpha value is -4.06. The molecule has 2 aliphatic heterocycles. The molecule has 0 saturated heterocycles. The number of ketones is 2. The molecule has 2 heterocycles. The minimum Gasteiger partial charge on any atom is -0.314 e. The van der Waals surface area contributed by atoms with Gasteiger partial charge in [-0.2, -0.15) is 0 Å². The van der Waals surface area contributed by atoms with Crippen LogP contribution in [0.2, 0.25) is 0 Å². The van der Waals surface area contributed by atoms with Gasteiger partial charge in [0, 0.05) is 31.1 Å². The van der Waals surface area contributed by atoms with Gasteiger partial charge >= 0.3 is 0 Å². The minimum absolute atomic E-state index is 0.112. The number of fused-ring (bicyclic) bond motifs is 2. The molecule has 2 amide bonds. The lowest BCUT2D eigenvalue weighted by Gasteiger charge is -2.40. The number of anilines is 2. The van der Waals surface area contributed by atoms with Crippen molar-refractivity contribution in [2.45, 2.75) is 32.1 Å². The van der Waals surface area contributed by atoms with E-state index in [9.17, 15) is 19.2 Å². The molecule has 0 aromatic heterocycles. The largest absolute Gasteiger partial charge is 0.314 e. The Morgan fingerprint density at radius 3 is 1.43 bits per heavy atom. The predicted octanol–water partition coefficient (Wildman–Crippen LogP) is 5.02. The van der Waals surface area contributed by atoms with Gasteiger partial charge in [-0.15, -0.1) is 0 Å². The number of hydrogen-bond donors (Lipinski definition) is 0. The van der Waals surface area contributed by atoms with E-state index in [1.165, 1.54) is 9.80 Å². The molecule has 6 nitrogen and oxygen atoms in total. The zero-order chi connectivity index (χ0) is 26.6. The van der Waals surface area contributed by atoms with Crippen molar-refractivity contribution in [1.29, 1.82) is 0 Å². The van der Waals surface area contributed by atoms with E-state index >= 15 is 0 Å². The van der Waals surface area contributed by atoms with E-state index in [2.05, 4.69) is 20.8 Å². The first-order valence-electron chi connectivity index (χ1n) is 12.4. The van der Waals surface area contributed by atoms with Crippen LogP contribution < -0.4 is 9.80 Å². The first-order chi connectivity index (χ1) is 17.5. The fraction of sp³-hybridized carbons (Fsp3) is 0.290. The minimum atomic E-state index is -1.21. The molecular weight excluding hydrogens is 464 g/mol. The Labute approximate surface area is 216 Å². The van der Waals surface area contributed by atoms with E-state index in [1.807, 2.05) is 24.3 Å². The highest BCUT2D eigenvalue weighted by Crippen LogP contribution is 2.45. The molecule has 3 atom stereocenters. The Bertz CT molecular complexity index is 1350. The normalized spacial score (nSPS) is 20.6. The molecule has 0 radical (unpaired) electrons. The molecular formula is C31H30N2O4. The summed E-state index contributed by atoms with van der Waals surface area (Å²) in [6.45, 7) is 6.29. The molecule has 5 rings (SSSR count). The van der Waals surface area contributed by atoms with E-state index in [4.69, 9.17) is 0 Å². The van der Waals surface area contributed by atoms with E-state index in [1.54, 1.807) is 62.6 Å². The topological polar surface area (TPSA) is 74.8 Å². The molecule has 0 spiro atoms. The van der Waals surface area contributed by atoms with Gasteiger partial charge in [0.25, 0.3) is 0 Å². The summed E-state index contributed by atoms with van der Waals surface area (Å²) in [4.78, 5) is 58.3. The van der Waals surface area contributed by atoms with E-state index in [0.29, 0.717) is 28.1 Å². The summed E-state index contributed by atoms with van der Waals surface area (Å²) < 4.78 is 0. The van der Waals surface area contributed by atoms with Crippen LogP contribution in [0.15, 0.2) is 72.8 Å². The van der Waals surface area contributed by atoms with Gasteiger partial charge in [0.05, 0.1) is 11.4 Å². The van der Waals surface area contributed by atoms with Gasteiger partial charge in [-0.3, -0.25) is 19.2 Å². The first kappa shape index (κ1) is 24.6. The van der Waals surface area contributed by atoms with Crippen LogP contribution in [0.25, 0.3) is 0 Å². The van der Waals surface area contributed by atoms with Crippen molar-refractivity contribution in [2.24, 2.45) is 11.8 Å². The first-order valence-corrected chi connectivity index (χ1v) is 12.4. The Morgan fingerprint density at radius 1 is 0.622 bits per heavy atom. The van der Waals surface area contributed by atoms with Crippen molar-refractivity contribution in [3.05, 3.63) is 95.1 Å². The molecule has 1 unspecified atom stereocenters.